The number of carboxylic acids is 1. The fourth-order valence-corrected chi connectivity index (χ4v) is 2.38. The topological polar surface area (TPSA) is 59.1 Å². The lowest BCUT2D eigenvalue weighted by atomic mass is 9.90. The van der Waals surface area contributed by atoms with E-state index in [-0.39, 0.29) is 5.57 Å². The molecule has 3 unspecified atom stereocenters. The summed E-state index contributed by atoms with van der Waals surface area (Å²) >= 11 is 0. The van der Waals surface area contributed by atoms with Gasteiger partial charge in [0.1, 0.15) is 0 Å². The molecule has 3 atom stereocenters. The Hall–Kier alpha value is -0.870. The molecule has 1 aliphatic carbocycles. The first-order valence-corrected chi connectivity index (χ1v) is 6.31. The van der Waals surface area contributed by atoms with Crippen LogP contribution in [-0.4, -0.2) is 36.5 Å². The summed E-state index contributed by atoms with van der Waals surface area (Å²) in [7, 11) is 0. The van der Waals surface area contributed by atoms with E-state index >= 15 is 0 Å². The van der Waals surface area contributed by atoms with E-state index in [0.717, 1.165) is 19.4 Å². The molecule has 1 saturated carbocycles. The Morgan fingerprint density at radius 2 is 2.24 bits per heavy atom. The van der Waals surface area contributed by atoms with Crippen molar-refractivity contribution in [1.29, 1.82) is 0 Å². The zero-order valence-corrected chi connectivity index (χ0v) is 10.1. The predicted molar refractivity (Wildman–Crippen MR) is 62.8 cm³/mol. The average Bonchev–Trinajstić information content (AvgIpc) is 3.06. The number of carbonyl (C=O) groups is 1. The minimum atomic E-state index is -0.908. The number of epoxide rings is 1. The first-order chi connectivity index (χ1) is 8.16. The van der Waals surface area contributed by atoms with Crippen molar-refractivity contribution in [2.45, 2.75) is 44.3 Å². The van der Waals surface area contributed by atoms with Gasteiger partial charge in [0.15, 0.2) is 0 Å². The molecule has 4 heteroatoms. The zero-order valence-electron chi connectivity index (χ0n) is 10.1. The van der Waals surface area contributed by atoms with Crippen LogP contribution in [0.15, 0.2) is 12.2 Å². The second kappa shape index (κ2) is 5.65. The van der Waals surface area contributed by atoms with E-state index in [2.05, 4.69) is 6.58 Å². The van der Waals surface area contributed by atoms with Gasteiger partial charge in [-0.2, -0.15) is 0 Å². The molecule has 1 heterocycles. The van der Waals surface area contributed by atoms with Gasteiger partial charge in [-0.1, -0.05) is 6.58 Å². The minimum absolute atomic E-state index is 0.264. The normalized spacial score (nSPS) is 30.7. The molecule has 96 valence electrons. The summed E-state index contributed by atoms with van der Waals surface area (Å²) in [6, 6.07) is 0. The van der Waals surface area contributed by atoms with Crippen LogP contribution in [0.25, 0.3) is 0 Å². The monoisotopic (exact) mass is 240 g/mol. The van der Waals surface area contributed by atoms with E-state index in [1.54, 1.807) is 0 Å². The van der Waals surface area contributed by atoms with Gasteiger partial charge in [-0.25, -0.2) is 4.79 Å². The molecule has 17 heavy (non-hydrogen) atoms. The standard InChI is InChI=1S/C13H20O4/c1-9(13(14)15)3-2-6-16-8-10-4-5-11-12(7-10)17-11/h10-12H,1-8H2,(H,14,15). The fourth-order valence-electron chi connectivity index (χ4n) is 2.38. The molecular weight excluding hydrogens is 220 g/mol. The minimum Gasteiger partial charge on any atom is -0.478 e. The van der Waals surface area contributed by atoms with E-state index < -0.39 is 5.97 Å². The summed E-state index contributed by atoms with van der Waals surface area (Å²) < 4.78 is 11.0. The van der Waals surface area contributed by atoms with E-state index in [4.69, 9.17) is 14.6 Å². The molecule has 0 radical (unpaired) electrons. The fraction of sp³-hybridized carbons (Fsp3) is 0.769. The first-order valence-electron chi connectivity index (χ1n) is 6.31. The largest absolute Gasteiger partial charge is 0.478 e. The van der Waals surface area contributed by atoms with Crippen LogP contribution in [0.1, 0.15) is 32.1 Å². The van der Waals surface area contributed by atoms with Crippen molar-refractivity contribution >= 4 is 5.97 Å². The van der Waals surface area contributed by atoms with Gasteiger partial charge in [-0.15, -0.1) is 0 Å². The molecule has 2 aliphatic rings. The number of fused-ring (bicyclic) bond motifs is 1. The summed E-state index contributed by atoms with van der Waals surface area (Å²) in [5.41, 5.74) is 0.264. The van der Waals surface area contributed by atoms with Crippen LogP contribution in [0.3, 0.4) is 0 Å². The van der Waals surface area contributed by atoms with Gasteiger partial charge < -0.3 is 14.6 Å². The van der Waals surface area contributed by atoms with Crippen LogP contribution in [0.4, 0.5) is 0 Å². The summed E-state index contributed by atoms with van der Waals surface area (Å²) in [6.45, 7) is 4.89. The highest BCUT2D eigenvalue weighted by Gasteiger charge is 2.43. The number of rotatable bonds is 7. The highest BCUT2D eigenvalue weighted by Crippen LogP contribution is 2.39. The van der Waals surface area contributed by atoms with E-state index in [9.17, 15) is 4.79 Å². The third kappa shape index (κ3) is 3.82. The molecular formula is C13H20O4. The first kappa shape index (κ1) is 12.6. The highest BCUT2D eigenvalue weighted by atomic mass is 16.6. The quantitative estimate of drug-likeness (QED) is 0.420. The maximum absolute atomic E-state index is 10.5. The van der Waals surface area contributed by atoms with Gasteiger partial charge in [0, 0.05) is 18.8 Å². The lowest BCUT2D eigenvalue weighted by Gasteiger charge is -2.18. The van der Waals surface area contributed by atoms with Gasteiger partial charge in [0.2, 0.25) is 0 Å². The van der Waals surface area contributed by atoms with Crippen molar-refractivity contribution in [1.82, 2.24) is 0 Å². The zero-order chi connectivity index (χ0) is 12.3. The van der Waals surface area contributed by atoms with Crippen LogP contribution in [0, 0.1) is 5.92 Å². The lowest BCUT2D eigenvalue weighted by Crippen LogP contribution is -2.18. The van der Waals surface area contributed by atoms with Crippen molar-refractivity contribution < 1.29 is 19.4 Å². The summed E-state index contributed by atoms with van der Waals surface area (Å²) in [5, 5.41) is 8.62. The maximum atomic E-state index is 10.5. The van der Waals surface area contributed by atoms with Crippen LogP contribution in [-0.2, 0) is 14.3 Å². The Kier molecular flexibility index (Phi) is 4.18. The van der Waals surface area contributed by atoms with E-state index in [1.807, 2.05) is 0 Å². The molecule has 1 aliphatic heterocycles. The van der Waals surface area contributed by atoms with Gasteiger partial charge in [0.25, 0.3) is 0 Å². The number of hydrogen-bond acceptors (Lipinski definition) is 3. The summed E-state index contributed by atoms with van der Waals surface area (Å²) in [6.07, 6.45) is 5.80. The SMILES string of the molecule is C=C(CCCOCC1CCC2OC2C1)C(=O)O. The molecule has 0 aromatic heterocycles. The Morgan fingerprint density at radius 1 is 1.41 bits per heavy atom. The predicted octanol–water partition coefficient (Wildman–Crippen LogP) is 1.99. The van der Waals surface area contributed by atoms with Gasteiger partial charge in [0.05, 0.1) is 12.2 Å². The van der Waals surface area contributed by atoms with Gasteiger partial charge >= 0.3 is 5.97 Å². The molecule has 0 aromatic rings. The Bertz CT molecular complexity index is 300. The Balaban J connectivity index is 1.48. The molecule has 0 amide bonds. The number of aliphatic carboxylic acids is 1. The van der Waals surface area contributed by atoms with Crippen molar-refractivity contribution in [3.8, 4) is 0 Å². The van der Waals surface area contributed by atoms with Crippen LogP contribution < -0.4 is 0 Å². The Labute approximate surface area is 102 Å². The van der Waals surface area contributed by atoms with Crippen LogP contribution >= 0.6 is 0 Å². The molecule has 0 spiro atoms. The van der Waals surface area contributed by atoms with Crippen molar-refractivity contribution in [2.24, 2.45) is 5.92 Å². The van der Waals surface area contributed by atoms with Gasteiger partial charge in [-0.3, -0.25) is 0 Å². The van der Waals surface area contributed by atoms with Crippen molar-refractivity contribution in [3.05, 3.63) is 12.2 Å². The molecule has 2 rings (SSSR count). The molecule has 0 aromatic carbocycles. The number of hydrogen-bond donors (Lipinski definition) is 1. The highest BCUT2D eigenvalue weighted by molar-refractivity contribution is 5.85. The number of ether oxygens (including phenoxy) is 2. The maximum Gasteiger partial charge on any atom is 0.330 e. The smallest absolute Gasteiger partial charge is 0.330 e. The number of carboxylic acid groups (broad SMARTS) is 1. The molecule has 4 nitrogen and oxygen atoms in total. The van der Waals surface area contributed by atoms with Crippen molar-refractivity contribution in [2.75, 3.05) is 13.2 Å². The third-order valence-corrected chi connectivity index (χ3v) is 3.54. The molecule has 2 fully saturated rings. The van der Waals surface area contributed by atoms with E-state index in [1.165, 1.54) is 12.8 Å². The summed E-state index contributed by atoms with van der Waals surface area (Å²) in [5.74, 6) is -0.282. The molecule has 0 bridgehead atoms. The van der Waals surface area contributed by atoms with Crippen molar-refractivity contribution in [3.63, 3.8) is 0 Å². The van der Waals surface area contributed by atoms with E-state index in [0.29, 0.717) is 31.2 Å². The second-order valence-electron chi connectivity index (χ2n) is 4.98. The van der Waals surface area contributed by atoms with Crippen LogP contribution in [0.5, 0.6) is 0 Å². The molecule has 1 saturated heterocycles. The van der Waals surface area contributed by atoms with Crippen LogP contribution in [0.2, 0.25) is 0 Å². The van der Waals surface area contributed by atoms with Gasteiger partial charge in [-0.05, 0) is 38.0 Å². The lowest BCUT2D eigenvalue weighted by molar-refractivity contribution is -0.132. The summed E-state index contributed by atoms with van der Waals surface area (Å²) in [4.78, 5) is 10.5. The average molecular weight is 240 g/mol. The molecule has 1 N–H and O–H groups in total. The Morgan fingerprint density at radius 3 is 2.94 bits per heavy atom. The second-order valence-corrected chi connectivity index (χ2v) is 4.98. The third-order valence-electron chi connectivity index (χ3n) is 3.54.